The second kappa shape index (κ2) is 6.76. The number of thiocarbonyl (C=S) groups is 1. The molecule has 19 heavy (non-hydrogen) atoms. The van der Waals surface area contributed by atoms with Crippen LogP contribution in [0.2, 0.25) is 0 Å². The van der Waals surface area contributed by atoms with Crippen LogP contribution in [0.5, 0.6) is 0 Å². The molecule has 0 spiro atoms. The summed E-state index contributed by atoms with van der Waals surface area (Å²) in [5, 5.41) is 8.86. The van der Waals surface area contributed by atoms with E-state index in [-0.39, 0.29) is 28.4 Å². The fraction of sp³-hybridized carbons (Fsp3) is 0.545. The number of nitrogens with zero attached hydrogens (tertiary/aromatic N) is 1. The lowest BCUT2D eigenvalue weighted by Gasteiger charge is -2.24. The Hall–Kier alpha value is -0.540. The van der Waals surface area contributed by atoms with E-state index in [0.717, 1.165) is 11.3 Å². The van der Waals surface area contributed by atoms with E-state index >= 15 is 0 Å². The molecular formula is C11H18N2O3S3. The first kappa shape index (κ1) is 16.5. The Morgan fingerprint density at radius 2 is 2.16 bits per heavy atom. The molecule has 0 saturated carbocycles. The zero-order valence-corrected chi connectivity index (χ0v) is 13.3. The van der Waals surface area contributed by atoms with E-state index in [1.54, 1.807) is 19.9 Å². The summed E-state index contributed by atoms with van der Waals surface area (Å²) in [6.45, 7) is 3.85. The summed E-state index contributed by atoms with van der Waals surface area (Å²) in [6.07, 6.45) is 0.408. The van der Waals surface area contributed by atoms with Gasteiger partial charge in [0.1, 0.15) is 9.20 Å². The Labute approximate surface area is 123 Å². The lowest BCUT2D eigenvalue weighted by molar-refractivity contribution is 0.258. The van der Waals surface area contributed by atoms with Crippen LogP contribution in [-0.2, 0) is 10.0 Å². The van der Waals surface area contributed by atoms with E-state index < -0.39 is 10.0 Å². The number of sulfonamides is 1. The average Bonchev–Trinajstić information content (AvgIpc) is 2.78. The van der Waals surface area contributed by atoms with Crippen LogP contribution in [0, 0.1) is 0 Å². The number of aliphatic hydroxyl groups is 1. The zero-order valence-electron chi connectivity index (χ0n) is 10.9. The fourth-order valence-electron chi connectivity index (χ4n) is 1.59. The number of rotatable bonds is 7. The van der Waals surface area contributed by atoms with Gasteiger partial charge in [0.25, 0.3) is 10.0 Å². The van der Waals surface area contributed by atoms with E-state index in [9.17, 15) is 8.42 Å². The van der Waals surface area contributed by atoms with Crippen molar-refractivity contribution in [1.29, 1.82) is 0 Å². The van der Waals surface area contributed by atoms with Crippen LogP contribution in [0.4, 0.5) is 0 Å². The summed E-state index contributed by atoms with van der Waals surface area (Å²) in [5.74, 6) is 0. The molecule has 3 N–H and O–H groups in total. The molecule has 0 aliphatic heterocycles. The highest BCUT2D eigenvalue weighted by molar-refractivity contribution is 7.91. The Balaban J connectivity index is 3.07. The van der Waals surface area contributed by atoms with Crippen molar-refractivity contribution >= 4 is 38.6 Å². The molecule has 5 nitrogen and oxygen atoms in total. The van der Waals surface area contributed by atoms with Gasteiger partial charge in [0.15, 0.2) is 0 Å². The van der Waals surface area contributed by atoms with Crippen molar-refractivity contribution in [1.82, 2.24) is 4.31 Å². The number of nitrogens with two attached hydrogens (primary N) is 1. The third-order valence-electron chi connectivity index (χ3n) is 2.50. The van der Waals surface area contributed by atoms with Crippen molar-refractivity contribution in [3.05, 3.63) is 17.0 Å². The smallest absolute Gasteiger partial charge is 0.252 e. The molecule has 0 amide bonds. The van der Waals surface area contributed by atoms with Crippen molar-refractivity contribution in [2.45, 2.75) is 30.5 Å². The van der Waals surface area contributed by atoms with Crippen LogP contribution < -0.4 is 5.73 Å². The normalized spacial score (nSPS) is 12.3. The number of hydrogen-bond acceptors (Lipinski definition) is 5. The molecule has 1 heterocycles. The van der Waals surface area contributed by atoms with Crippen LogP contribution in [0.1, 0.15) is 25.1 Å². The number of aliphatic hydroxyl groups excluding tert-OH is 1. The molecule has 1 aromatic rings. The fourth-order valence-corrected chi connectivity index (χ4v) is 4.75. The van der Waals surface area contributed by atoms with Gasteiger partial charge in [-0.3, -0.25) is 0 Å². The second-order valence-corrected chi connectivity index (χ2v) is 7.91. The first-order valence-corrected chi connectivity index (χ1v) is 8.49. The Bertz CT molecular complexity index is 537. The molecule has 0 radical (unpaired) electrons. The average molecular weight is 322 g/mol. The monoisotopic (exact) mass is 322 g/mol. The minimum atomic E-state index is -3.56. The summed E-state index contributed by atoms with van der Waals surface area (Å²) in [6, 6.07) is 2.96. The molecule has 0 fully saturated rings. The van der Waals surface area contributed by atoms with E-state index in [1.165, 1.54) is 10.4 Å². The molecule has 0 unspecified atom stereocenters. The lowest BCUT2D eigenvalue weighted by Crippen LogP contribution is -2.37. The van der Waals surface area contributed by atoms with Crippen molar-refractivity contribution in [2.24, 2.45) is 5.73 Å². The van der Waals surface area contributed by atoms with Gasteiger partial charge >= 0.3 is 0 Å². The number of thiophene rings is 1. The van der Waals surface area contributed by atoms with Gasteiger partial charge in [-0.25, -0.2) is 8.42 Å². The van der Waals surface area contributed by atoms with Crippen LogP contribution in [0.15, 0.2) is 16.3 Å². The van der Waals surface area contributed by atoms with E-state index in [2.05, 4.69) is 0 Å². The Kier molecular flexibility index (Phi) is 5.87. The van der Waals surface area contributed by atoms with Gasteiger partial charge in [-0.1, -0.05) is 12.2 Å². The van der Waals surface area contributed by atoms with Gasteiger partial charge < -0.3 is 10.8 Å². The van der Waals surface area contributed by atoms with Gasteiger partial charge in [-0.05, 0) is 32.4 Å². The van der Waals surface area contributed by atoms with E-state index in [1.807, 2.05) is 0 Å². The summed E-state index contributed by atoms with van der Waals surface area (Å²) in [7, 11) is -3.56. The third-order valence-corrected chi connectivity index (χ3v) is 6.51. The molecule has 0 aliphatic rings. The first-order chi connectivity index (χ1) is 8.80. The maximum absolute atomic E-state index is 12.5. The molecule has 0 saturated heterocycles. The summed E-state index contributed by atoms with van der Waals surface area (Å²) >= 11 is 5.90. The van der Waals surface area contributed by atoms with Crippen molar-refractivity contribution in [2.75, 3.05) is 13.2 Å². The predicted octanol–water partition coefficient (Wildman–Crippen LogP) is 1.16. The molecule has 1 aromatic heterocycles. The highest BCUT2D eigenvalue weighted by Gasteiger charge is 2.28. The van der Waals surface area contributed by atoms with Crippen LogP contribution in [0.25, 0.3) is 0 Å². The number of hydrogen-bond donors (Lipinski definition) is 2. The summed E-state index contributed by atoms with van der Waals surface area (Å²) in [4.78, 5) is 0.775. The third kappa shape index (κ3) is 3.96. The first-order valence-electron chi connectivity index (χ1n) is 5.83. The lowest BCUT2D eigenvalue weighted by atomic mass is 10.3. The molecular weight excluding hydrogens is 304 g/mol. The predicted molar refractivity (Wildman–Crippen MR) is 80.9 cm³/mol. The van der Waals surface area contributed by atoms with Crippen LogP contribution in [0.3, 0.4) is 0 Å². The summed E-state index contributed by atoms with van der Waals surface area (Å²) in [5.41, 5.74) is 5.49. The molecule has 0 aromatic carbocycles. The van der Waals surface area contributed by atoms with Crippen LogP contribution in [-0.4, -0.2) is 42.0 Å². The van der Waals surface area contributed by atoms with Crippen LogP contribution >= 0.6 is 23.6 Å². The molecule has 1 rings (SSSR count). The SMILES string of the molecule is CC(C)N(CCCO)S(=O)(=O)c1ccc(C(N)=S)s1. The highest BCUT2D eigenvalue weighted by Crippen LogP contribution is 2.26. The summed E-state index contributed by atoms with van der Waals surface area (Å²) < 4.78 is 26.6. The Morgan fingerprint density at radius 1 is 1.53 bits per heavy atom. The zero-order chi connectivity index (χ0) is 14.6. The van der Waals surface area contributed by atoms with E-state index in [4.69, 9.17) is 23.1 Å². The minimum Gasteiger partial charge on any atom is -0.396 e. The van der Waals surface area contributed by atoms with Crippen molar-refractivity contribution in [3.63, 3.8) is 0 Å². The van der Waals surface area contributed by atoms with Gasteiger partial charge in [-0.15, -0.1) is 11.3 Å². The van der Waals surface area contributed by atoms with Gasteiger partial charge in [0, 0.05) is 19.2 Å². The second-order valence-electron chi connectivity index (χ2n) is 4.27. The molecule has 8 heteroatoms. The van der Waals surface area contributed by atoms with Gasteiger partial charge in [0.2, 0.25) is 0 Å². The molecule has 0 bridgehead atoms. The molecule has 0 atom stereocenters. The van der Waals surface area contributed by atoms with Gasteiger partial charge in [-0.2, -0.15) is 4.31 Å². The largest absolute Gasteiger partial charge is 0.396 e. The maximum atomic E-state index is 12.5. The van der Waals surface area contributed by atoms with Crippen molar-refractivity contribution in [3.8, 4) is 0 Å². The molecule has 0 aliphatic carbocycles. The molecule has 108 valence electrons. The van der Waals surface area contributed by atoms with E-state index in [0.29, 0.717) is 11.3 Å². The topological polar surface area (TPSA) is 83.6 Å². The highest BCUT2D eigenvalue weighted by atomic mass is 32.2. The van der Waals surface area contributed by atoms with Crippen molar-refractivity contribution < 1.29 is 13.5 Å². The Morgan fingerprint density at radius 3 is 2.58 bits per heavy atom. The minimum absolute atomic E-state index is 0.0404. The standard InChI is InChI=1S/C11H18N2O3S3/c1-8(2)13(6-3-7-14)19(15,16)10-5-4-9(18-10)11(12)17/h4-5,8,14H,3,6-7H2,1-2H3,(H2,12,17). The quantitative estimate of drug-likeness (QED) is 0.736. The maximum Gasteiger partial charge on any atom is 0.252 e. The van der Waals surface area contributed by atoms with Gasteiger partial charge in [0.05, 0.1) is 4.88 Å².